The van der Waals surface area contributed by atoms with Gasteiger partial charge in [-0.1, -0.05) is 127 Å². The van der Waals surface area contributed by atoms with E-state index in [0.717, 1.165) is 32.9 Å². The molecule has 9 aromatic rings. The number of furan rings is 2. The summed E-state index contributed by atoms with van der Waals surface area (Å²) >= 11 is 0. The van der Waals surface area contributed by atoms with Crippen molar-refractivity contribution < 1.29 is 22.5 Å². The number of hydrogen-bond acceptors (Lipinski definition) is 5. The highest BCUT2D eigenvalue weighted by atomic mass is 16.3. The van der Waals surface area contributed by atoms with E-state index < -0.39 is 60.4 Å². The summed E-state index contributed by atoms with van der Waals surface area (Å²) in [5, 5.41) is 3.38. The van der Waals surface area contributed by atoms with E-state index in [2.05, 4.69) is 15.0 Å². The van der Waals surface area contributed by atoms with Crippen LogP contribution < -0.4 is 0 Å². The lowest BCUT2D eigenvalue weighted by atomic mass is 9.99. The van der Waals surface area contributed by atoms with Gasteiger partial charge in [0.15, 0.2) is 17.5 Å². The molecule has 0 aliphatic heterocycles. The maximum Gasteiger partial charge on any atom is 0.167 e. The Kier molecular flexibility index (Phi) is 3.66. The third-order valence-electron chi connectivity index (χ3n) is 7.54. The Morgan fingerprint density at radius 1 is 0.409 bits per heavy atom. The first-order chi connectivity index (χ1) is 26.0. The molecule has 0 unspecified atom stereocenters. The number of hydrogen-bond donors (Lipinski definition) is 0. The molecule has 3 heterocycles. The van der Waals surface area contributed by atoms with Crippen LogP contribution in [0, 0.1) is 0 Å². The second-order valence-corrected chi connectivity index (χ2v) is 10.1. The Bertz CT molecular complexity index is 2940. The normalized spacial score (nSPS) is 14.8. The third-order valence-corrected chi connectivity index (χ3v) is 7.54. The second kappa shape index (κ2) is 9.75. The minimum absolute atomic E-state index is 0.0841. The van der Waals surface area contributed by atoms with E-state index in [-0.39, 0.29) is 28.6 Å². The fraction of sp³-hybridized carbons (Fsp3) is 0. The molecule has 0 radical (unpaired) electrons. The van der Waals surface area contributed by atoms with Crippen LogP contribution in [0.15, 0.2) is 148 Å². The van der Waals surface area contributed by atoms with Gasteiger partial charge in [-0.05, 0) is 12.1 Å². The fourth-order valence-corrected chi connectivity index (χ4v) is 5.61. The van der Waals surface area contributed by atoms with Crippen LogP contribution in [0.25, 0.3) is 89.2 Å². The molecule has 6 aromatic carbocycles. The number of benzene rings is 6. The van der Waals surface area contributed by atoms with Crippen molar-refractivity contribution >= 4 is 43.9 Å². The molecule has 9 rings (SSSR count). The molecule has 0 fully saturated rings. The van der Waals surface area contributed by atoms with Crippen LogP contribution in [-0.4, -0.2) is 15.0 Å². The molecule has 5 nitrogen and oxygen atoms in total. The minimum atomic E-state index is -0.622. The van der Waals surface area contributed by atoms with Crippen molar-refractivity contribution in [2.75, 3.05) is 0 Å². The molecule has 0 aliphatic carbocycles. The Hall–Kier alpha value is -6.07. The maximum atomic E-state index is 8.65. The SMILES string of the molecule is [2H]c1c([2H])c([2H])c(-c2nc(-c3c([2H])c([2H])c([2H])c([2H])c3[2H])nc(-c3cccc4c3oc3c(-c5cccc6c5oc5ccccc56)cccc34)n2)c([2H])c1[2H]. The van der Waals surface area contributed by atoms with Gasteiger partial charge in [0.05, 0.1) is 19.3 Å². The molecule has 0 atom stereocenters. The number of nitrogens with zero attached hydrogens (tertiary/aromatic N) is 3. The molecule has 0 saturated carbocycles. The van der Waals surface area contributed by atoms with Crippen LogP contribution in [0.3, 0.4) is 0 Å². The number of aromatic nitrogens is 3. The molecule has 0 spiro atoms. The van der Waals surface area contributed by atoms with E-state index in [4.69, 9.17) is 22.5 Å². The molecule has 0 bridgehead atoms. The Labute approximate surface area is 266 Å². The van der Waals surface area contributed by atoms with Gasteiger partial charge in [0, 0.05) is 43.8 Å². The van der Waals surface area contributed by atoms with Crippen LogP contribution in [-0.2, 0) is 0 Å². The predicted octanol–water partition coefficient (Wildman–Crippen LogP) is 10.3. The molecule has 206 valence electrons. The Morgan fingerprint density at radius 2 is 0.864 bits per heavy atom. The number of para-hydroxylation sites is 4. The smallest absolute Gasteiger partial charge is 0.167 e. The highest BCUT2D eigenvalue weighted by Gasteiger charge is 2.21. The van der Waals surface area contributed by atoms with Gasteiger partial charge in [0.25, 0.3) is 0 Å². The first kappa shape index (κ1) is 16.5. The van der Waals surface area contributed by atoms with Crippen LogP contribution in [0.4, 0.5) is 0 Å². The van der Waals surface area contributed by atoms with Crippen molar-refractivity contribution in [3.05, 3.63) is 139 Å². The van der Waals surface area contributed by atoms with Crippen LogP contribution in [0.5, 0.6) is 0 Å². The monoisotopic (exact) mass is 575 g/mol. The highest BCUT2D eigenvalue weighted by molar-refractivity contribution is 6.16. The summed E-state index contributed by atoms with van der Waals surface area (Å²) in [5.41, 5.74) is 3.51. The second-order valence-electron chi connectivity index (χ2n) is 10.1. The zero-order valence-corrected chi connectivity index (χ0v) is 22.7. The number of rotatable bonds is 4. The van der Waals surface area contributed by atoms with E-state index in [9.17, 15) is 0 Å². The van der Waals surface area contributed by atoms with Crippen molar-refractivity contribution in [2.24, 2.45) is 0 Å². The molecular weight excluding hydrogens is 542 g/mol. The summed E-state index contributed by atoms with van der Waals surface area (Å²) in [6, 6.07) is 18.7. The summed E-state index contributed by atoms with van der Waals surface area (Å²) in [4.78, 5) is 13.6. The quantitative estimate of drug-likeness (QED) is 0.209. The number of fused-ring (bicyclic) bond motifs is 6. The van der Waals surface area contributed by atoms with Gasteiger partial charge in [-0.25, -0.2) is 15.0 Å². The predicted molar refractivity (Wildman–Crippen MR) is 176 cm³/mol. The molecule has 0 amide bonds. The van der Waals surface area contributed by atoms with E-state index in [0.29, 0.717) is 27.7 Å². The molecular formula is C39H23N3O2. The van der Waals surface area contributed by atoms with Crippen molar-refractivity contribution in [3.63, 3.8) is 0 Å². The Balaban J connectivity index is 1.34. The summed E-state index contributed by atoms with van der Waals surface area (Å²) < 4.78 is 96.9. The molecule has 0 saturated heterocycles. The van der Waals surface area contributed by atoms with Crippen LogP contribution in [0.1, 0.15) is 13.7 Å². The van der Waals surface area contributed by atoms with Crippen LogP contribution in [0.2, 0.25) is 0 Å². The largest absolute Gasteiger partial charge is 0.455 e. The first-order valence-electron chi connectivity index (χ1n) is 18.7. The molecule has 0 aliphatic rings. The van der Waals surface area contributed by atoms with Gasteiger partial charge >= 0.3 is 0 Å². The summed E-state index contributed by atoms with van der Waals surface area (Å²) in [7, 11) is 0. The summed E-state index contributed by atoms with van der Waals surface area (Å²) in [6.45, 7) is 0. The van der Waals surface area contributed by atoms with Crippen molar-refractivity contribution in [3.8, 4) is 45.3 Å². The van der Waals surface area contributed by atoms with Crippen molar-refractivity contribution in [1.82, 2.24) is 15.0 Å². The van der Waals surface area contributed by atoms with E-state index >= 15 is 0 Å². The lowest BCUT2D eigenvalue weighted by Crippen LogP contribution is -2.00. The van der Waals surface area contributed by atoms with Gasteiger partial charge in [0.1, 0.15) is 22.3 Å². The third kappa shape index (κ3) is 3.83. The maximum absolute atomic E-state index is 8.65. The first-order valence-corrected chi connectivity index (χ1v) is 13.7. The van der Waals surface area contributed by atoms with E-state index in [1.165, 1.54) is 0 Å². The lowest BCUT2D eigenvalue weighted by Gasteiger charge is -2.08. The van der Waals surface area contributed by atoms with Gasteiger partial charge in [-0.3, -0.25) is 0 Å². The van der Waals surface area contributed by atoms with Crippen LogP contribution >= 0.6 is 0 Å². The summed E-state index contributed by atoms with van der Waals surface area (Å²) in [6.07, 6.45) is 0. The average Bonchev–Trinajstić information content (AvgIpc) is 3.77. The van der Waals surface area contributed by atoms with Gasteiger partial charge in [0.2, 0.25) is 0 Å². The highest BCUT2D eigenvalue weighted by Crippen LogP contribution is 2.42. The fourth-order valence-electron chi connectivity index (χ4n) is 5.61. The molecule has 5 heteroatoms. The van der Waals surface area contributed by atoms with Gasteiger partial charge < -0.3 is 8.83 Å². The van der Waals surface area contributed by atoms with Crippen molar-refractivity contribution in [1.29, 1.82) is 0 Å². The van der Waals surface area contributed by atoms with Gasteiger partial charge in [-0.15, -0.1) is 0 Å². The van der Waals surface area contributed by atoms with Crippen molar-refractivity contribution in [2.45, 2.75) is 0 Å². The molecule has 44 heavy (non-hydrogen) atoms. The topological polar surface area (TPSA) is 65.0 Å². The lowest BCUT2D eigenvalue weighted by molar-refractivity contribution is 0.665. The zero-order valence-electron chi connectivity index (χ0n) is 32.7. The molecule has 0 N–H and O–H groups in total. The Morgan fingerprint density at radius 3 is 1.48 bits per heavy atom. The minimum Gasteiger partial charge on any atom is -0.455 e. The van der Waals surface area contributed by atoms with E-state index in [1.54, 1.807) is 12.1 Å². The van der Waals surface area contributed by atoms with Gasteiger partial charge in [-0.2, -0.15) is 0 Å². The molecule has 3 aromatic heterocycles. The zero-order chi connectivity index (χ0) is 37.7. The average molecular weight is 576 g/mol. The van der Waals surface area contributed by atoms with E-state index in [1.807, 2.05) is 66.7 Å². The summed E-state index contributed by atoms with van der Waals surface area (Å²) in [5.74, 6) is -0.799. The standard InChI is InChI=1S/C39H23N3O2/c1-3-12-24(13-4-1)37-40-38(25-14-5-2-6-15-25)42-39(41-37)32-22-11-21-31-30-20-10-19-29(35(30)44-36(31)32)28-18-9-17-27-26-16-7-8-23-33(26)43-34(27)28/h1-23H/i1D,2D,3D,4D,5D,6D,12D,13D,14D,15D.